The summed E-state index contributed by atoms with van der Waals surface area (Å²) in [4.78, 5) is 137. The molecule has 0 aliphatic heterocycles. The minimum atomic E-state index is -1.87. The summed E-state index contributed by atoms with van der Waals surface area (Å²) in [6, 6.07) is -4.86. The number of carboxylic acid groups (broad SMARTS) is 2. The highest BCUT2D eigenvalue weighted by Crippen LogP contribution is 2.12. The van der Waals surface area contributed by atoms with Crippen molar-refractivity contribution in [2.45, 2.75) is 160 Å². The van der Waals surface area contributed by atoms with E-state index < -0.39 is 133 Å². The van der Waals surface area contributed by atoms with Gasteiger partial charge in [-0.3, -0.25) is 48.1 Å². The molecule has 0 saturated heterocycles. The number of hydrogen-bond donors (Lipinski definition) is 16. The van der Waals surface area contributed by atoms with Crippen LogP contribution in [0, 0.1) is 17.8 Å². The van der Waals surface area contributed by atoms with Crippen molar-refractivity contribution >= 4 is 65.2 Å². The molecule has 27 heteroatoms. The quantitative estimate of drug-likeness (QED) is 0.0173. The molecule has 0 spiro atoms. The lowest BCUT2D eigenvalue weighted by molar-refractivity contribution is -0.143. The zero-order chi connectivity index (χ0) is 57.7. The van der Waals surface area contributed by atoms with Crippen molar-refractivity contribution in [1.82, 2.24) is 42.5 Å². The average Bonchev–Trinajstić information content (AvgIpc) is 3.33. The first-order valence-corrected chi connectivity index (χ1v) is 25.4. The second kappa shape index (κ2) is 35.3. The number of aliphatic hydroxyl groups excluding tert-OH is 2. The highest BCUT2D eigenvalue weighted by atomic mass is 16.4. The van der Waals surface area contributed by atoms with Crippen LogP contribution < -0.4 is 65.5 Å². The van der Waals surface area contributed by atoms with Crippen LogP contribution >= 0.6 is 0 Å². The van der Waals surface area contributed by atoms with Crippen LogP contribution in [0.3, 0.4) is 0 Å². The highest BCUT2D eigenvalue weighted by molar-refractivity contribution is 5.99. The van der Waals surface area contributed by atoms with Crippen molar-refractivity contribution in [3.05, 3.63) is 35.9 Å². The minimum absolute atomic E-state index is 0.0347. The first kappa shape index (κ1) is 67.0. The van der Waals surface area contributed by atoms with Crippen molar-refractivity contribution < 1.29 is 68.4 Å². The lowest BCUT2D eigenvalue weighted by atomic mass is 10.00. The van der Waals surface area contributed by atoms with Gasteiger partial charge in [0.15, 0.2) is 5.96 Å². The Morgan fingerprint density at radius 1 is 0.500 bits per heavy atom. The molecule has 1 aromatic rings. The van der Waals surface area contributed by atoms with Crippen LogP contribution in [0.4, 0.5) is 0 Å². The molecule has 0 saturated carbocycles. The van der Waals surface area contributed by atoms with Gasteiger partial charge in [0.1, 0.15) is 48.3 Å². The molecule has 0 aliphatic rings. The summed E-state index contributed by atoms with van der Waals surface area (Å²) in [6.45, 7) is 8.94. The Kier molecular flexibility index (Phi) is 31.2. The standard InChI is InChI=1S/C49H83N13O14/c1-26(2)19-32(56-40(67)30(51)15-12-18-54-49(52)53)43(70)62-37(24-63)46(73)58-34(22-29-13-8-7-9-14-29)44(71)57-33(20-27(3)4)42(69)59-35(23-39(65)66)45(72)55-31(16-10-11-17-50)41(68)61-38(25-64)47(74)60-36(48(75)76)21-28(5)6/h7-9,13-14,26-28,30-38,63-64H,10-12,15-25,50-51H2,1-6H3,(H,55,72)(H,56,67)(H,57,71)(H,58,73)(H,59,69)(H,60,74)(H,61,68)(H,62,70)(H,65,66)(H,75,76)(H4,52,53,54)/t30-,31-,32-,33-,34-,35-,36-,37-,38-/m0/s1. The van der Waals surface area contributed by atoms with E-state index in [0.29, 0.717) is 18.4 Å². The number of aliphatic hydroxyl groups is 2. The molecule has 27 nitrogen and oxygen atoms in total. The summed E-state index contributed by atoms with van der Waals surface area (Å²) >= 11 is 0. The lowest BCUT2D eigenvalue weighted by Gasteiger charge is -2.28. The molecule has 1 rings (SSSR count). The monoisotopic (exact) mass is 1080 g/mol. The smallest absolute Gasteiger partial charge is 0.326 e. The van der Waals surface area contributed by atoms with E-state index in [-0.39, 0.29) is 81.7 Å². The highest BCUT2D eigenvalue weighted by Gasteiger charge is 2.36. The Labute approximate surface area is 443 Å². The number of aliphatic carboxylic acids is 2. The van der Waals surface area contributed by atoms with Crippen LogP contribution in [-0.2, 0) is 54.4 Å². The molecular weight excluding hydrogens is 995 g/mol. The summed E-state index contributed by atoms with van der Waals surface area (Å²) in [5.41, 5.74) is 22.9. The molecule has 20 N–H and O–H groups in total. The molecule has 1 aromatic carbocycles. The van der Waals surface area contributed by atoms with Gasteiger partial charge < -0.3 is 85.9 Å². The fourth-order valence-electron chi connectivity index (χ4n) is 7.53. The molecule has 0 heterocycles. The summed E-state index contributed by atoms with van der Waals surface area (Å²) < 4.78 is 0. The van der Waals surface area contributed by atoms with Gasteiger partial charge in [0.25, 0.3) is 0 Å². The number of aliphatic imine (C=N–C) groups is 1. The molecule has 76 heavy (non-hydrogen) atoms. The molecule has 0 aliphatic carbocycles. The van der Waals surface area contributed by atoms with Crippen LogP contribution in [0.5, 0.6) is 0 Å². The van der Waals surface area contributed by atoms with Gasteiger partial charge in [0.2, 0.25) is 47.3 Å². The average molecular weight is 1080 g/mol. The van der Waals surface area contributed by atoms with Crippen LogP contribution in [0.1, 0.15) is 105 Å². The summed E-state index contributed by atoms with van der Waals surface area (Å²) in [6.07, 6.45) is -0.100. The van der Waals surface area contributed by atoms with E-state index in [1.165, 1.54) is 0 Å². The zero-order valence-corrected chi connectivity index (χ0v) is 44.3. The SMILES string of the molecule is CC(C)C[C@H](NC(=O)[C@H](CO)NC(=O)[C@H](CCCCN)NC(=O)[C@H](CC(=O)O)NC(=O)[C@H](CC(C)C)NC(=O)[C@H](Cc1ccccc1)NC(=O)[C@H](CO)NC(=O)[C@H](CC(C)C)NC(=O)[C@@H](N)CCCN=C(N)N)C(=O)O. The van der Waals surface area contributed by atoms with Gasteiger partial charge in [-0.25, -0.2) is 4.79 Å². The Bertz CT molecular complexity index is 2090. The lowest BCUT2D eigenvalue weighted by Crippen LogP contribution is -2.61. The first-order valence-electron chi connectivity index (χ1n) is 25.4. The number of unbranched alkanes of at least 4 members (excludes halogenated alkanes) is 1. The molecule has 8 amide bonds. The maximum atomic E-state index is 14.3. The number of guanidine groups is 1. The predicted molar refractivity (Wildman–Crippen MR) is 279 cm³/mol. The van der Waals surface area contributed by atoms with E-state index in [1.54, 1.807) is 71.9 Å². The molecule has 0 aromatic heterocycles. The topological polar surface area (TPSA) is 464 Å². The third-order valence-electron chi connectivity index (χ3n) is 11.4. The number of carboxylic acids is 2. The van der Waals surface area contributed by atoms with Crippen LogP contribution in [0.2, 0.25) is 0 Å². The number of rotatable bonds is 37. The third-order valence-corrected chi connectivity index (χ3v) is 11.4. The predicted octanol–water partition coefficient (Wildman–Crippen LogP) is -3.70. The van der Waals surface area contributed by atoms with Crippen molar-refractivity contribution in [3.63, 3.8) is 0 Å². The maximum Gasteiger partial charge on any atom is 0.326 e. The molecule has 0 unspecified atom stereocenters. The molecule has 0 radical (unpaired) electrons. The second-order valence-electron chi connectivity index (χ2n) is 19.7. The van der Waals surface area contributed by atoms with Gasteiger partial charge in [-0.1, -0.05) is 71.9 Å². The largest absolute Gasteiger partial charge is 0.481 e. The zero-order valence-electron chi connectivity index (χ0n) is 44.3. The number of nitrogens with zero attached hydrogens (tertiary/aromatic N) is 1. The molecular formula is C49H83N13O14. The Balaban J connectivity index is 3.45. The maximum absolute atomic E-state index is 14.3. The van der Waals surface area contributed by atoms with Gasteiger partial charge in [0.05, 0.1) is 25.7 Å². The van der Waals surface area contributed by atoms with Gasteiger partial charge in [-0.15, -0.1) is 0 Å². The van der Waals surface area contributed by atoms with Crippen molar-refractivity contribution in [2.75, 3.05) is 26.3 Å². The summed E-state index contributed by atoms with van der Waals surface area (Å²) in [5.74, 6) is -11.3. The fourth-order valence-corrected chi connectivity index (χ4v) is 7.53. The number of benzene rings is 1. The number of carbonyl (C=O) groups is 10. The first-order chi connectivity index (χ1) is 35.7. The minimum Gasteiger partial charge on any atom is -0.481 e. The van der Waals surface area contributed by atoms with E-state index >= 15 is 0 Å². The number of nitrogens with two attached hydrogens (primary N) is 4. The summed E-state index contributed by atoms with van der Waals surface area (Å²) in [7, 11) is 0. The third kappa shape index (κ3) is 26.5. The number of nitrogens with one attached hydrogen (secondary N) is 8. The van der Waals surface area contributed by atoms with E-state index in [9.17, 15) is 68.4 Å². The van der Waals surface area contributed by atoms with E-state index in [1.807, 2.05) is 0 Å². The number of amides is 8. The van der Waals surface area contributed by atoms with E-state index in [2.05, 4.69) is 47.5 Å². The van der Waals surface area contributed by atoms with Gasteiger partial charge in [0, 0.05) is 13.0 Å². The Morgan fingerprint density at radius 3 is 1.36 bits per heavy atom. The molecule has 0 fully saturated rings. The van der Waals surface area contributed by atoms with Crippen LogP contribution in [0.15, 0.2) is 35.3 Å². The van der Waals surface area contributed by atoms with Crippen molar-refractivity contribution in [3.8, 4) is 0 Å². The van der Waals surface area contributed by atoms with Gasteiger partial charge >= 0.3 is 11.9 Å². The van der Waals surface area contributed by atoms with E-state index in [4.69, 9.17) is 22.9 Å². The second-order valence-corrected chi connectivity index (χ2v) is 19.7. The summed E-state index contributed by atoms with van der Waals surface area (Å²) in [5, 5.41) is 59.2. The molecule has 0 bridgehead atoms. The van der Waals surface area contributed by atoms with Gasteiger partial charge in [-0.05, 0) is 81.2 Å². The Morgan fingerprint density at radius 2 is 0.895 bits per heavy atom. The van der Waals surface area contributed by atoms with Crippen LogP contribution in [0.25, 0.3) is 0 Å². The number of carbonyl (C=O) groups excluding carboxylic acids is 8. The fraction of sp³-hybridized carbons (Fsp3) is 0.653. The number of hydrogen-bond acceptors (Lipinski definition) is 15. The van der Waals surface area contributed by atoms with Crippen molar-refractivity contribution in [1.29, 1.82) is 0 Å². The molecule has 428 valence electrons. The van der Waals surface area contributed by atoms with Gasteiger partial charge in [-0.2, -0.15) is 0 Å². The normalized spacial score (nSPS) is 14.8. The molecule has 9 atom stereocenters. The van der Waals surface area contributed by atoms with E-state index in [0.717, 1.165) is 0 Å². The van der Waals surface area contributed by atoms with Crippen molar-refractivity contribution in [2.24, 2.45) is 45.7 Å². The Hall–Kier alpha value is -6.97. The van der Waals surface area contributed by atoms with Crippen LogP contribution in [-0.4, -0.2) is 166 Å².